The zero-order valence-electron chi connectivity index (χ0n) is 19.8. The normalized spacial score (nSPS) is 12.6. The minimum absolute atomic E-state index is 0.231. The third kappa shape index (κ3) is 4.77. The number of aryl methyl sites for hydroxylation is 1. The molecule has 1 atom stereocenters. The molecule has 0 saturated carbocycles. The maximum atomic E-state index is 13.4. The summed E-state index contributed by atoms with van der Waals surface area (Å²) in [5, 5.41) is 8.25. The highest BCUT2D eigenvalue weighted by Gasteiger charge is 2.31. The molecule has 5 rings (SSSR count). The Hall–Kier alpha value is -4.60. The van der Waals surface area contributed by atoms with Gasteiger partial charge in [-0.25, -0.2) is 0 Å². The van der Waals surface area contributed by atoms with Gasteiger partial charge in [-0.3, -0.25) is 18.8 Å². The molecule has 7 nitrogen and oxygen atoms in total. The number of carbonyl (C=O) groups excluding carboxylic acids is 1. The van der Waals surface area contributed by atoms with Gasteiger partial charge in [0.25, 0.3) is 11.5 Å². The molecule has 1 amide bonds. The van der Waals surface area contributed by atoms with Crippen molar-refractivity contribution in [1.29, 1.82) is 0 Å². The predicted octanol–water partition coefficient (Wildman–Crippen LogP) is 5.27. The zero-order chi connectivity index (χ0) is 26.3. The van der Waals surface area contributed by atoms with E-state index >= 15 is 0 Å². The van der Waals surface area contributed by atoms with Crippen LogP contribution in [0.5, 0.6) is 5.75 Å². The minimum Gasteiger partial charge on any atom is -0.406 e. The van der Waals surface area contributed by atoms with Gasteiger partial charge >= 0.3 is 6.36 Å². The Kier molecular flexibility index (Phi) is 5.94. The molecule has 37 heavy (non-hydrogen) atoms. The summed E-state index contributed by atoms with van der Waals surface area (Å²) in [5.74, 6) is -0.698. The number of fused-ring (bicyclic) bond motifs is 3. The van der Waals surface area contributed by atoms with Gasteiger partial charge in [0.2, 0.25) is 0 Å². The van der Waals surface area contributed by atoms with Gasteiger partial charge in [-0.2, -0.15) is 5.10 Å². The number of amides is 1. The molecular weight excluding hydrogens is 485 g/mol. The Labute approximate surface area is 208 Å². The summed E-state index contributed by atoms with van der Waals surface area (Å²) in [6.07, 6.45) is -3.26. The summed E-state index contributed by atoms with van der Waals surface area (Å²) in [6.45, 7) is 1.88. The van der Waals surface area contributed by atoms with E-state index in [1.807, 2.05) is 37.3 Å². The average Bonchev–Trinajstić information content (AvgIpc) is 3.26. The number of nitrogens with one attached hydrogen (secondary N) is 1. The number of hydrogen-bond acceptors (Lipinski definition) is 4. The molecule has 0 saturated heterocycles. The van der Waals surface area contributed by atoms with Crippen LogP contribution < -0.4 is 15.6 Å². The van der Waals surface area contributed by atoms with Gasteiger partial charge in [-0.1, -0.05) is 30.3 Å². The fraction of sp³-hybridized carbons (Fsp3) is 0.148. The van der Waals surface area contributed by atoms with Gasteiger partial charge in [-0.15, -0.1) is 13.2 Å². The summed E-state index contributed by atoms with van der Waals surface area (Å²) in [7, 11) is 1.68. The van der Waals surface area contributed by atoms with Crippen LogP contribution in [0.4, 0.5) is 13.2 Å². The van der Waals surface area contributed by atoms with Crippen LogP contribution in [0.1, 0.15) is 28.9 Å². The molecule has 2 heterocycles. The lowest BCUT2D eigenvalue weighted by molar-refractivity contribution is -0.274. The number of rotatable bonds is 5. The lowest BCUT2D eigenvalue weighted by atomic mass is 10.1. The Balaban J connectivity index is 1.60. The van der Waals surface area contributed by atoms with Crippen molar-refractivity contribution in [2.75, 3.05) is 0 Å². The zero-order valence-corrected chi connectivity index (χ0v) is 19.8. The Morgan fingerprint density at radius 3 is 2.38 bits per heavy atom. The van der Waals surface area contributed by atoms with Crippen LogP contribution >= 0.6 is 0 Å². The van der Waals surface area contributed by atoms with E-state index in [0.29, 0.717) is 33.1 Å². The van der Waals surface area contributed by atoms with E-state index in [9.17, 15) is 22.8 Å². The van der Waals surface area contributed by atoms with Crippen LogP contribution in [0.25, 0.3) is 27.5 Å². The molecule has 5 aromatic rings. The number of halogens is 3. The number of carbonyl (C=O) groups is 1. The van der Waals surface area contributed by atoms with Gasteiger partial charge in [0.15, 0.2) is 0 Å². The number of hydrogen-bond donors (Lipinski definition) is 1. The largest absolute Gasteiger partial charge is 0.573 e. The monoisotopic (exact) mass is 506 g/mol. The predicted molar refractivity (Wildman–Crippen MR) is 133 cm³/mol. The number of aromatic nitrogens is 3. The van der Waals surface area contributed by atoms with Crippen molar-refractivity contribution in [2.24, 2.45) is 7.05 Å². The molecule has 0 bridgehead atoms. The third-order valence-electron chi connectivity index (χ3n) is 5.99. The first-order chi connectivity index (χ1) is 17.6. The fourth-order valence-corrected chi connectivity index (χ4v) is 4.29. The van der Waals surface area contributed by atoms with E-state index in [0.717, 1.165) is 17.7 Å². The first-order valence-electron chi connectivity index (χ1n) is 11.3. The summed E-state index contributed by atoms with van der Waals surface area (Å²) in [5.41, 5.74) is 2.15. The maximum Gasteiger partial charge on any atom is 0.573 e. The van der Waals surface area contributed by atoms with Crippen molar-refractivity contribution < 1.29 is 22.7 Å². The molecule has 0 aliphatic heterocycles. The molecule has 0 fully saturated rings. The highest BCUT2D eigenvalue weighted by atomic mass is 19.4. The van der Waals surface area contributed by atoms with Crippen LogP contribution in [0.3, 0.4) is 0 Å². The molecule has 188 valence electrons. The molecule has 0 radical (unpaired) electrons. The molecule has 10 heteroatoms. The van der Waals surface area contributed by atoms with Crippen molar-refractivity contribution in [3.8, 4) is 11.4 Å². The molecule has 0 aliphatic rings. The minimum atomic E-state index is -4.82. The maximum absolute atomic E-state index is 13.4. The number of benzene rings is 3. The topological polar surface area (TPSA) is 78.2 Å². The fourth-order valence-electron chi connectivity index (χ4n) is 4.29. The molecule has 1 N–H and O–H groups in total. The van der Waals surface area contributed by atoms with Gasteiger partial charge < -0.3 is 10.1 Å². The van der Waals surface area contributed by atoms with Gasteiger partial charge in [-0.05, 0) is 55.0 Å². The molecule has 3 aromatic carbocycles. The van der Waals surface area contributed by atoms with E-state index in [-0.39, 0.29) is 11.9 Å². The van der Waals surface area contributed by atoms with Gasteiger partial charge in [0.1, 0.15) is 11.3 Å². The molecule has 2 aromatic heterocycles. The first kappa shape index (κ1) is 24.1. The second-order valence-electron chi connectivity index (χ2n) is 8.59. The summed E-state index contributed by atoms with van der Waals surface area (Å²) < 4.78 is 44.5. The summed E-state index contributed by atoms with van der Waals surface area (Å²) in [6, 6.07) is 19.2. The Morgan fingerprint density at radius 1 is 1.00 bits per heavy atom. The lowest BCUT2D eigenvalue weighted by Crippen LogP contribution is -2.26. The smallest absolute Gasteiger partial charge is 0.406 e. The van der Waals surface area contributed by atoms with Crippen molar-refractivity contribution in [3.05, 3.63) is 100 Å². The van der Waals surface area contributed by atoms with Crippen LogP contribution in [0, 0.1) is 0 Å². The van der Waals surface area contributed by atoms with Crippen LogP contribution in [0.15, 0.2) is 83.8 Å². The number of pyridine rings is 1. The quantitative estimate of drug-likeness (QED) is 0.353. The number of alkyl halides is 3. The summed E-state index contributed by atoms with van der Waals surface area (Å²) in [4.78, 5) is 26.5. The Bertz CT molecular complexity index is 1670. The van der Waals surface area contributed by atoms with Crippen LogP contribution in [-0.2, 0) is 7.05 Å². The standard InChI is InChI=1S/C27H21F3N4O3/c1-16(17-6-4-3-5-7-17)31-25(35)18-8-13-23-21(14-18)24-22(15-33(2)32-24)26(36)34(23)19-9-11-20(12-10-19)37-27(28,29)30/h3-16H,1-2H3,(H,31,35)/t16-/m0/s1. The first-order valence-corrected chi connectivity index (χ1v) is 11.3. The molecular formula is C27H21F3N4O3. The van der Waals surface area contributed by atoms with Gasteiger partial charge in [0.05, 0.1) is 16.9 Å². The summed E-state index contributed by atoms with van der Waals surface area (Å²) >= 11 is 0. The highest BCUT2D eigenvalue weighted by molar-refractivity contribution is 6.07. The van der Waals surface area contributed by atoms with E-state index < -0.39 is 17.7 Å². The second-order valence-corrected chi connectivity index (χ2v) is 8.59. The van der Waals surface area contributed by atoms with E-state index in [1.165, 1.54) is 21.4 Å². The van der Waals surface area contributed by atoms with Crippen molar-refractivity contribution in [1.82, 2.24) is 19.7 Å². The van der Waals surface area contributed by atoms with Crippen molar-refractivity contribution in [3.63, 3.8) is 0 Å². The van der Waals surface area contributed by atoms with Crippen molar-refractivity contribution in [2.45, 2.75) is 19.3 Å². The number of nitrogens with zero attached hydrogens (tertiary/aromatic N) is 3. The van der Waals surface area contributed by atoms with Crippen molar-refractivity contribution >= 4 is 27.7 Å². The lowest BCUT2D eigenvalue weighted by Gasteiger charge is -2.16. The van der Waals surface area contributed by atoms with Gasteiger partial charge in [0, 0.05) is 29.9 Å². The number of ether oxygens (including phenoxy) is 1. The molecule has 0 aliphatic carbocycles. The molecule has 0 unspecified atom stereocenters. The van der Waals surface area contributed by atoms with E-state index in [1.54, 1.807) is 31.4 Å². The average molecular weight is 506 g/mol. The SMILES string of the molecule is C[C@H](NC(=O)c1ccc2c(c1)c1nn(C)cc1c(=O)n2-c1ccc(OC(F)(F)F)cc1)c1ccccc1. The van der Waals surface area contributed by atoms with Crippen LogP contribution in [0.2, 0.25) is 0 Å². The van der Waals surface area contributed by atoms with Crippen LogP contribution in [-0.4, -0.2) is 26.6 Å². The second kappa shape index (κ2) is 9.12. The third-order valence-corrected chi connectivity index (χ3v) is 5.99. The highest BCUT2D eigenvalue weighted by Crippen LogP contribution is 2.28. The molecule has 0 spiro atoms. The van der Waals surface area contributed by atoms with E-state index in [2.05, 4.69) is 15.2 Å². The van der Waals surface area contributed by atoms with E-state index in [4.69, 9.17) is 0 Å². The Morgan fingerprint density at radius 2 is 1.70 bits per heavy atom.